The van der Waals surface area contributed by atoms with E-state index in [-0.39, 0.29) is 18.2 Å². The molecule has 0 bridgehead atoms. The third-order valence-electron chi connectivity index (χ3n) is 7.10. The van der Waals surface area contributed by atoms with Crippen molar-refractivity contribution in [3.8, 4) is 5.75 Å². The third-order valence-corrected chi connectivity index (χ3v) is 8.88. The number of aryl methyl sites for hydroxylation is 1. The van der Waals surface area contributed by atoms with E-state index in [9.17, 15) is 27.1 Å². The Morgan fingerprint density at radius 2 is 1.87 bits per heavy atom. The number of pyridine rings is 2. The van der Waals surface area contributed by atoms with Gasteiger partial charge in [-0.3, -0.25) is 23.5 Å². The molecule has 208 valence electrons. The van der Waals surface area contributed by atoms with Gasteiger partial charge in [-0.2, -0.15) is 23.8 Å². The van der Waals surface area contributed by atoms with Crippen molar-refractivity contribution in [2.45, 2.75) is 51.1 Å². The van der Waals surface area contributed by atoms with Gasteiger partial charge in [0.15, 0.2) is 0 Å². The number of nitrogens with zero attached hydrogens (tertiary/aromatic N) is 2. The Hall–Kier alpha value is -3.12. The van der Waals surface area contributed by atoms with Crippen LogP contribution in [0.5, 0.6) is 5.75 Å². The van der Waals surface area contributed by atoms with E-state index < -0.39 is 22.3 Å². The summed E-state index contributed by atoms with van der Waals surface area (Å²) in [4.78, 5) is 16.6. The smallest absolute Gasteiger partial charge is 0.417 e. The molecule has 0 radical (unpaired) electrons. The Morgan fingerprint density at radius 1 is 1.08 bits per heavy atom. The molecule has 39 heavy (non-hydrogen) atoms. The molecule has 0 spiro atoms. The van der Waals surface area contributed by atoms with Gasteiger partial charge < -0.3 is 10.1 Å². The number of rotatable bonds is 7. The van der Waals surface area contributed by atoms with E-state index in [2.05, 4.69) is 28.5 Å². The van der Waals surface area contributed by atoms with E-state index in [1.54, 1.807) is 16.8 Å². The largest absolute Gasteiger partial charge is 0.487 e. The number of ether oxygens (including phenoxy) is 1. The van der Waals surface area contributed by atoms with E-state index in [4.69, 9.17) is 4.74 Å². The molecule has 1 saturated heterocycles. The lowest BCUT2D eigenvalue weighted by Gasteiger charge is -2.39. The average molecular weight is 562 g/mol. The molecule has 2 aliphatic rings. The molecule has 2 aromatic heterocycles. The van der Waals surface area contributed by atoms with E-state index in [0.717, 1.165) is 49.3 Å². The lowest BCUT2D eigenvalue weighted by molar-refractivity contribution is -0.137. The minimum absolute atomic E-state index is 0.0553. The summed E-state index contributed by atoms with van der Waals surface area (Å²) in [5, 5.41) is 3.53. The van der Waals surface area contributed by atoms with E-state index in [1.165, 1.54) is 23.3 Å². The normalized spacial score (nSPS) is 18.2. The fourth-order valence-electron chi connectivity index (χ4n) is 4.83. The van der Waals surface area contributed by atoms with Gasteiger partial charge in [0.25, 0.3) is 5.56 Å². The summed E-state index contributed by atoms with van der Waals surface area (Å²) in [6.07, 6.45) is 3.00. The van der Waals surface area contributed by atoms with Gasteiger partial charge in [-0.1, -0.05) is 18.2 Å². The number of hydrogen-bond donors (Lipinski definition) is 3. The average Bonchev–Trinajstić information content (AvgIpc) is 2.91. The lowest BCUT2D eigenvalue weighted by Crippen LogP contribution is -2.35. The molecule has 11 heteroatoms. The van der Waals surface area contributed by atoms with Crippen LogP contribution in [-0.4, -0.2) is 36.2 Å². The van der Waals surface area contributed by atoms with Gasteiger partial charge in [-0.15, -0.1) is 0 Å². The van der Waals surface area contributed by atoms with Gasteiger partial charge in [0, 0.05) is 48.2 Å². The van der Waals surface area contributed by atoms with Crippen LogP contribution in [0, 0.1) is 0 Å². The molecule has 1 fully saturated rings. The van der Waals surface area contributed by atoms with Crippen molar-refractivity contribution in [1.29, 1.82) is 0 Å². The SMILES string of the molecule is O=c1cc(OCc2ccc(C(F)(F)F)cn2)ccn1C1=Cc2ccc(CNC3CCS(O)(O)CC3)cc2CC1. The van der Waals surface area contributed by atoms with Crippen LogP contribution in [0.15, 0.2) is 59.7 Å². The summed E-state index contributed by atoms with van der Waals surface area (Å²) in [6, 6.07) is 11.8. The monoisotopic (exact) mass is 561 g/mol. The van der Waals surface area contributed by atoms with Crippen LogP contribution in [0.3, 0.4) is 0 Å². The standard InChI is InChI=1S/C28H30F3N3O4S/c29-28(30,31)22-4-5-24(33-17-22)18-38-26-7-10-34(27(35)15-26)25-6-3-20-13-19(1-2-21(20)14-25)16-32-23-8-11-39(36,37)12-9-23/h1-2,4-5,7,10,13-15,17,23,32,36-37H,3,6,8-9,11-12,16,18H2. The minimum atomic E-state index is -4.45. The Labute approximate surface area is 225 Å². The molecule has 1 aliphatic heterocycles. The summed E-state index contributed by atoms with van der Waals surface area (Å²) >= 11 is 0. The van der Waals surface area contributed by atoms with Crippen molar-refractivity contribution < 1.29 is 27.0 Å². The highest BCUT2D eigenvalue weighted by molar-refractivity contribution is 8.24. The van der Waals surface area contributed by atoms with Crippen molar-refractivity contribution in [1.82, 2.24) is 14.9 Å². The molecule has 1 aliphatic carbocycles. The predicted molar refractivity (Wildman–Crippen MR) is 146 cm³/mol. The van der Waals surface area contributed by atoms with Crippen molar-refractivity contribution in [3.63, 3.8) is 0 Å². The van der Waals surface area contributed by atoms with Crippen LogP contribution in [0.4, 0.5) is 13.2 Å². The molecular formula is C28H30F3N3O4S. The fourth-order valence-corrected chi connectivity index (χ4v) is 6.36. The molecule has 0 atom stereocenters. The van der Waals surface area contributed by atoms with E-state index in [0.29, 0.717) is 29.4 Å². The molecular weight excluding hydrogens is 531 g/mol. The first-order chi connectivity index (χ1) is 18.6. The lowest BCUT2D eigenvalue weighted by atomic mass is 9.93. The summed E-state index contributed by atoms with van der Waals surface area (Å²) in [5.41, 5.74) is 3.56. The fraction of sp³-hybridized carbons (Fsp3) is 0.357. The molecule has 7 nitrogen and oxygen atoms in total. The third kappa shape index (κ3) is 6.91. The molecule has 0 unspecified atom stereocenters. The van der Waals surface area contributed by atoms with E-state index >= 15 is 0 Å². The maximum absolute atomic E-state index is 12.8. The Bertz CT molecular complexity index is 1410. The van der Waals surface area contributed by atoms with Crippen molar-refractivity contribution in [2.24, 2.45) is 0 Å². The molecule has 1 aromatic carbocycles. The van der Waals surface area contributed by atoms with Crippen molar-refractivity contribution >= 4 is 22.4 Å². The summed E-state index contributed by atoms with van der Waals surface area (Å²) in [5.74, 6) is 1.24. The molecule has 3 N–H and O–H groups in total. The minimum Gasteiger partial charge on any atom is -0.487 e. The van der Waals surface area contributed by atoms with Gasteiger partial charge in [0.05, 0.1) is 11.3 Å². The molecule has 0 amide bonds. The zero-order chi connectivity index (χ0) is 27.6. The summed E-state index contributed by atoms with van der Waals surface area (Å²) in [6.45, 7) is 0.664. The Morgan fingerprint density at radius 3 is 2.56 bits per heavy atom. The van der Waals surface area contributed by atoms with Crippen LogP contribution < -0.4 is 15.6 Å². The molecule has 0 saturated carbocycles. The zero-order valence-corrected chi connectivity index (χ0v) is 22.0. The predicted octanol–water partition coefficient (Wildman–Crippen LogP) is 5.79. The Kier molecular flexibility index (Phi) is 7.86. The second-order valence-electron chi connectivity index (χ2n) is 9.93. The van der Waals surface area contributed by atoms with Crippen LogP contribution in [0.1, 0.15) is 47.2 Å². The number of fused-ring (bicyclic) bond motifs is 1. The molecule has 5 rings (SSSR count). The second kappa shape index (κ2) is 11.2. The van der Waals surface area contributed by atoms with Gasteiger partial charge >= 0.3 is 6.18 Å². The maximum Gasteiger partial charge on any atom is 0.417 e. The topological polar surface area (TPSA) is 96.6 Å². The number of halogens is 3. The number of benzene rings is 1. The summed E-state index contributed by atoms with van der Waals surface area (Å²) in [7, 11) is -2.38. The van der Waals surface area contributed by atoms with Crippen LogP contribution in [0.25, 0.3) is 11.8 Å². The molecule has 3 heterocycles. The first-order valence-electron chi connectivity index (χ1n) is 12.7. The van der Waals surface area contributed by atoms with Crippen LogP contribution in [-0.2, 0) is 25.7 Å². The number of allylic oxidation sites excluding steroid dienone is 1. The number of hydrogen-bond acceptors (Lipinski definition) is 6. The van der Waals surface area contributed by atoms with Gasteiger partial charge in [-0.25, -0.2) is 0 Å². The highest BCUT2D eigenvalue weighted by atomic mass is 32.3. The van der Waals surface area contributed by atoms with Crippen molar-refractivity contribution in [3.05, 3.63) is 93.2 Å². The highest BCUT2D eigenvalue weighted by Gasteiger charge is 2.30. The van der Waals surface area contributed by atoms with Gasteiger partial charge in [0.2, 0.25) is 0 Å². The van der Waals surface area contributed by atoms with Crippen molar-refractivity contribution in [2.75, 3.05) is 11.5 Å². The second-order valence-corrected chi connectivity index (χ2v) is 12.4. The van der Waals surface area contributed by atoms with Crippen LogP contribution in [0.2, 0.25) is 0 Å². The number of alkyl halides is 3. The summed E-state index contributed by atoms with van der Waals surface area (Å²) < 4.78 is 64.8. The number of nitrogens with one attached hydrogen (secondary N) is 1. The van der Waals surface area contributed by atoms with Gasteiger partial charge in [0.1, 0.15) is 12.4 Å². The maximum atomic E-state index is 12.8. The molecule has 3 aromatic rings. The first kappa shape index (κ1) is 27.4. The van der Waals surface area contributed by atoms with Gasteiger partial charge in [-0.05, 0) is 66.6 Å². The zero-order valence-electron chi connectivity index (χ0n) is 21.2. The quantitative estimate of drug-likeness (QED) is 0.338. The highest BCUT2D eigenvalue weighted by Crippen LogP contribution is 2.43. The van der Waals surface area contributed by atoms with Crippen LogP contribution >= 0.6 is 10.6 Å². The first-order valence-corrected chi connectivity index (χ1v) is 14.6. The van der Waals surface area contributed by atoms with E-state index in [1.807, 2.05) is 6.08 Å². The number of aromatic nitrogens is 2. The Balaban J connectivity index is 1.19.